The second-order valence-electron chi connectivity index (χ2n) is 6.20. The molecule has 0 aromatic carbocycles. The Bertz CT molecular complexity index is 853. The monoisotopic (exact) mass is 414 g/mol. The number of hydrogen-bond acceptors (Lipinski definition) is 5. The van der Waals surface area contributed by atoms with Crippen LogP contribution in [0.2, 0.25) is 0 Å². The number of hydrogen-bond donors (Lipinski definition) is 2. The highest BCUT2D eigenvalue weighted by molar-refractivity contribution is 7.91. The highest BCUT2D eigenvalue weighted by Gasteiger charge is 2.19. The lowest BCUT2D eigenvalue weighted by atomic mass is 10.2. The number of rotatable bonds is 7. The van der Waals surface area contributed by atoms with Crippen LogP contribution in [0, 0.1) is 6.92 Å². The molecule has 0 aliphatic carbocycles. The Labute approximate surface area is 164 Å². The summed E-state index contributed by atoms with van der Waals surface area (Å²) in [6.07, 6.45) is 0.934. The van der Waals surface area contributed by atoms with E-state index in [4.69, 9.17) is 0 Å². The fraction of sp³-hybridized carbons (Fsp3) is 0.471. The molecule has 144 valence electrons. The molecule has 2 N–H and O–H groups in total. The van der Waals surface area contributed by atoms with Crippen LogP contribution in [0.5, 0.6) is 0 Å². The molecule has 1 atom stereocenters. The molecule has 2 aromatic heterocycles. The van der Waals surface area contributed by atoms with E-state index in [0.29, 0.717) is 16.7 Å². The van der Waals surface area contributed by atoms with Gasteiger partial charge in [-0.15, -0.1) is 22.7 Å². The van der Waals surface area contributed by atoms with Gasteiger partial charge in [-0.25, -0.2) is 12.7 Å². The Morgan fingerprint density at radius 1 is 1.19 bits per heavy atom. The van der Waals surface area contributed by atoms with Gasteiger partial charge in [0.25, 0.3) is 10.0 Å². The maximum atomic E-state index is 12.1. The third-order valence-corrected chi connectivity index (χ3v) is 8.10. The van der Waals surface area contributed by atoms with Gasteiger partial charge in [0.1, 0.15) is 4.21 Å². The average molecular weight is 415 g/mol. The minimum absolute atomic E-state index is 0.243. The molecule has 0 aliphatic rings. The van der Waals surface area contributed by atoms with Crippen molar-refractivity contribution in [2.75, 3.05) is 21.1 Å². The summed E-state index contributed by atoms with van der Waals surface area (Å²) < 4.78 is 25.9. The van der Waals surface area contributed by atoms with Crippen LogP contribution >= 0.6 is 22.7 Å². The van der Waals surface area contributed by atoms with E-state index >= 15 is 0 Å². The fourth-order valence-electron chi connectivity index (χ4n) is 2.32. The summed E-state index contributed by atoms with van der Waals surface area (Å²) in [5, 5.41) is 6.62. The van der Waals surface area contributed by atoms with E-state index in [1.54, 1.807) is 13.1 Å². The zero-order chi connectivity index (χ0) is 19.3. The molecule has 2 rings (SSSR count). The fourth-order valence-corrected chi connectivity index (χ4v) is 5.80. The van der Waals surface area contributed by atoms with E-state index in [9.17, 15) is 8.42 Å². The Morgan fingerprint density at radius 2 is 1.88 bits per heavy atom. The standard InChI is InChI=1S/C17H26N4O2S3/c1-12(10-14-7-6-13(2)24-14)20-17(18-3)19-11-15-8-9-16(25-15)26(22,23)21(4)5/h6-9,12H,10-11H2,1-5H3,(H2,18,19,20). The lowest BCUT2D eigenvalue weighted by Gasteiger charge is -2.17. The smallest absolute Gasteiger partial charge is 0.252 e. The van der Waals surface area contributed by atoms with Crippen molar-refractivity contribution in [3.63, 3.8) is 0 Å². The molecule has 6 nitrogen and oxygen atoms in total. The van der Waals surface area contributed by atoms with E-state index in [0.717, 1.165) is 11.3 Å². The molecule has 0 aliphatic heterocycles. The Morgan fingerprint density at radius 3 is 2.46 bits per heavy atom. The first-order valence-corrected chi connectivity index (χ1v) is 11.3. The molecule has 26 heavy (non-hydrogen) atoms. The topological polar surface area (TPSA) is 73.8 Å². The van der Waals surface area contributed by atoms with Crippen LogP contribution in [-0.2, 0) is 23.0 Å². The van der Waals surface area contributed by atoms with Crippen LogP contribution in [0.3, 0.4) is 0 Å². The number of aliphatic imine (C=N–C) groups is 1. The molecule has 1 unspecified atom stereocenters. The summed E-state index contributed by atoms with van der Waals surface area (Å²) >= 11 is 3.08. The summed E-state index contributed by atoms with van der Waals surface area (Å²) in [6.45, 7) is 4.76. The zero-order valence-electron chi connectivity index (χ0n) is 15.7. The average Bonchev–Trinajstić information content (AvgIpc) is 3.20. The van der Waals surface area contributed by atoms with Crippen LogP contribution in [0.15, 0.2) is 33.5 Å². The lowest BCUT2D eigenvalue weighted by molar-refractivity contribution is 0.523. The highest BCUT2D eigenvalue weighted by Crippen LogP contribution is 2.23. The van der Waals surface area contributed by atoms with Crippen molar-refractivity contribution in [2.45, 2.75) is 37.1 Å². The Hall–Kier alpha value is -1.42. The summed E-state index contributed by atoms with van der Waals surface area (Å²) in [4.78, 5) is 7.85. The molecule has 0 fully saturated rings. The molecule has 2 heterocycles. The zero-order valence-corrected chi connectivity index (χ0v) is 18.2. The molecular weight excluding hydrogens is 388 g/mol. The first kappa shape index (κ1) is 20.9. The van der Waals surface area contributed by atoms with Crippen molar-refractivity contribution in [1.29, 1.82) is 0 Å². The van der Waals surface area contributed by atoms with Gasteiger partial charge in [0, 0.05) is 48.2 Å². The Balaban J connectivity index is 1.90. The normalized spacial score (nSPS) is 13.8. The molecule has 0 radical (unpaired) electrons. The van der Waals surface area contributed by atoms with Gasteiger partial charge in [-0.1, -0.05) is 0 Å². The van der Waals surface area contributed by atoms with E-state index in [2.05, 4.69) is 41.6 Å². The van der Waals surface area contributed by atoms with Crippen LogP contribution in [0.25, 0.3) is 0 Å². The predicted octanol–water partition coefficient (Wildman–Crippen LogP) is 2.66. The number of guanidine groups is 1. The van der Waals surface area contributed by atoms with E-state index < -0.39 is 10.0 Å². The van der Waals surface area contributed by atoms with Gasteiger partial charge in [-0.3, -0.25) is 4.99 Å². The maximum absolute atomic E-state index is 12.1. The van der Waals surface area contributed by atoms with Gasteiger partial charge in [0.05, 0.1) is 6.54 Å². The second kappa shape index (κ2) is 8.98. The van der Waals surface area contributed by atoms with Crippen LogP contribution in [0.1, 0.15) is 21.6 Å². The third-order valence-electron chi connectivity index (χ3n) is 3.71. The minimum atomic E-state index is -3.37. The van der Waals surface area contributed by atoms with Crippen LogP contribution in [0.4, 0.5) is 0 Å². The summed E-state index contributed by atoms with van der Waals surface area (Å²) in [7, 11) is 1.43. The first-order chi connectivity index (χ1) is 12.2. The van der Waals surface area contributed by atoms with Gasteiger partial charge < -0.3 is 10.6 Å². The number of nitrogens with zero attached hydrogens (tertiary/aromatic N) is 2. The second-order valence-corrected chi connectivity index (χ2v) is 11.1. The van der Waals surface area contributed by atoms with E-state index in [1.165, 1.54) is 39.5 Å². The highest BCUT2D eigenvalue weighted by atomic mass is 32.2. The maximum Gasteiger partial charge on any atom is 0.252 e. The van der Waals surface area contributed by atoms with Gasteiger partial charge in [-0.2, -0.15) is 0 Å². The molecule has 0 bridgehead atoms. The van der Waals surface area contributed by atoms with Crippen molar-refractivity contribution in [3.05, 3.63) is 38.9 Å². The third kappa shape index (κ3) is 5.54. The van der Waals surface area contributed by atoms with Gasteiger partial charge in [-0.05, 0) is 38.1 Å². The number of sulfonamides is 1. The first-order valence-electron chi connectivity index (χ1n) is 8.26. The summed E-state index contributed by atoms with van der Waals surface area (Å²) in [6, 6.07) is 8.02. The van der Waals surface area contributed by atoms with Crippen molar-refractivity contribution in [1.82, 2.24) is 14.9 Å². The van der Waals surface area contributed by atoms with Crippen molar-refractivity contribution < 1.29 is 8.42 Å². The van der Waals surface area contributed by atoms with Gasteiger partial charge in [0.2, 0.25) is 0 Å². The summed E-state index contributed by atoms with van der Waals surface area (Å²) in [5.41, 5.74) is 0. The van der Waals surface area contributed by atoms with Gasteiger partial charge in [0.15, 0.2) is 5.96 Å². The molecule has 0 saturated heterocycles. The van der Waals surface area contributed by atoms with E-state index in [1.807, 2.05) is 17.4 Å². The largest absolute Gasteiger partial charge is 0.354 e. The SMILES string of the molecule is CN=C(NCc1ccc(S(=O)(=O)N(C)C)s1)NC(C)Cc1ccc(C)s1. The molecular formula is C17H26N4O2S3. The minimum Gasteiger partial charge on any atom is -0.354 e. The number of thiophene rings is 2. The molecule has 0 spiro atoms. The van der Waals surface area contributed by atoms with Crippen molar-refractivity contribution >= 4 is 38.7 Å². The van der Waals surface area contributed by atoms with Crippen LogP contribution < -0.4 is 10.6 Å². The lowest BCUT2D eigenvalue weighted by Crippen LogP contribution is -2.42. The number of aryl methyl sites for hydroxylation is 1. The molecule has 2 aromatic rings. The summed E-state index contributed by atoms with van der Waals surface area (Å²) in [5.74, 6) is 0.705. The van der Waals surface area contributed by atoms with E-state index in [-0.39, 0.29) is 6.04 Å². The molecule has 0 amide bonds. The quantitative estimate of drug-likeness (QED) is 0.540. The van der Waals surface area contributed by atoms with Crippen LogP contribution in [-0.4, -0.2) is 45.9 Å². The number of nitrogens with one attached hydrogen (secondary N) is 2. The van der Waals surface area contributed by atoms with Gasteiger partial charge >= 0.3 is 0 Å². The molecule has 0 saturated carbocycles. The predicted molar refractivity (Wildman–Crippen MR) is 111 cm³/mol. The van der Waals surface area contributed by atoms with Crippen molar-refractivity contribution in [2.24, 2.45) is 4.99 Å². The van der Waals surface area contributed by atoms with Crippen molar-refractivity contribution in [3.8, 4) is 0 Å². The Kier molecular flexibility index (Phi) is 7.22. The molecule has 9 heteroatoms.